The molecule has 6 nitrogen and oxygen atoms in total. The van der Waals surface area contributed by atoms with Gasteiger partial charge in [-0.2, -0.15) is 5.10 Å². The molecular weight excluding hydrogens is 256 g/mol. The summed E-state index contributed by atoms with van der Waals surface area (Å²) < 4.78 is 5.66. The van der Waals surface area contributed by atoms with E-state index in [1.165, 1.54) is 6.33 Å². The number of H-pyrrole nitrogens is 1. The molecule has 6 heteroatoms. The van der Waals surface area contributed by atoms with Gasteiger partial charge in [0, 0.05) is 7.05 Å². The SMILES string of the molecule is CN(Cc1ncn[nH]1)C(=O)C1COc2ccccc2C1. The van der Waals surface area contributed by atoms with Crippen LogP contribution in [0.15, 0.2) is 30.6 Å². The normalized spacial score (nSPS) is 17.1. The van der Waals surface area contributed by atoms with Gasteiger partial charge in [-0.15, -0.1) is 0 Å². The van der Waals surface area contributed by atoms with E-state index in [0.717, 1.165) is 17.7 Å². The van der Waals surface area contributed by atoms with Gasteiger partial charge in [-0.3, -0.25) is 9.89 Å². The van der Waals surface area contributed by atoms with Crippen LogP contribution >= 0.6 is 0 Å². The number of benzene rings is 1. The smallest absolute Gasteiger partial charge is 0.229 e. The van der Waals surface area contributed by atoms with Crippen LogP contribution in [0.5, 0.6) is 5.75 Å². The quantitative estimate of drug-likeness (QED) is 0.905. The summed E-state index contributed by atoms with van der Waals surface area (Å²) in [6.45, 7) is 0.855. The van der Waals surface area contributed by atoms with Crippen LogP contribution in [-0.4, -0.2) is 39.6 Å². The van der Waals surface area contributed by atoms with E-state index < -0.39 is 0 Å². The number of fused-ring (bicyclic) bond motifs is 1. The van der Waals surface area contributed by atoms with E-state index in [-0.39, 0.29) is 11.8 Å². The summed E-state index contributed by atoms with van der Waals surface area (Å²) in [5.41, 5.74) is 1.09. The van der Waals surface area contributed by atoms with Crippen LogP contribution < -0.4 is 4.74 Å². The van der Waals surface area contributed by atoms with Gasteiger partial charge < -0.3 is 9.64 Å². The molecule has 1 unspecified atom stereocenters. The number of ether oxygens (including phenoxy) is 1. The number of aromatic amines is 1. The third kappa shape index (κ3) is 2.49. The molecule has 3 rings (SSSR count). The lowest BCUT2D eigenvalue weighted by Gasteiger charge is -2.27. The average molecular weight is 272 g/mol. The Morgan fingerprint density at radius 1 is 1.50 bits per heavy atom. The number of aromatic nitrogens is 3. The number of rotatable bonds is 3. The van der Waals surface area contributed by atoms with Crippen molar-refractivity contribution >= 4 is 5.91 Å². The lowest BCUT2D eigenvalue weighted by Crippen LogP contribution is -2.38. The summed E-state index contributed by atoms with van der Waals surface area (Å²) in [4.78, 5) is 18.1. The van der Waals surface area contributed by atoms with Crippen LogP contribution in [0.1, 0.15) is 11.4 Å². The summed E-state index contributed by atoms with van der Waals surface area (Å²) in [5, 5.41) is 6.53. The van der Waals surface area contributed by atoms with E-state index in [4.69, 9.17) is 4.74 Å². The van der Waals surface area contributed by atoms with Crippen molar-refractivity contribution in [2.24, 2.45) is 5.92 Å². The van der Waals surface area contributed by atoms with E-state index in [1.807, 2.05) is 24.3 Å². The Balaban J connectivity index is 1.66. The Bertz CT molecular complexity index is 597. The minimum atomic E-state index is -0.141. The third-order valence-electron chi connectivity index (χ3n) is 3.46. The van der Waals surface area contributed by atoms with Crippen LogP contribution in [0, 0.1) is 5.92 Å². The Morgan fingerprint density at radius 2 is 2.35 bits per heavy atom. The molecule has 1 amide bonds. The van der Waals surface area contributed by atoms with Crippen LogP contribution in [0.3, 0.4) is 0 Å². The molecule has 0 saturated heterocycles. The second-order valence-corrected chi connectivity index (χ2v) is 4.95. The Kier molecular flexibility index (Phi) is 3.37. The molecule has 0 radical (unpaired) electrons. The minimum Gasteiger partial charge on any atom is -0.492 e. The number of nitrogens with zero attached hydrogens (tertiary/aromatic N) is 3. The number of amides is 1. The molecule has 1 N–H and O–H groups in total. The van der Waals surface area contributed by atoms with Crippen LogP contribution in [0.25, 0.3) is 0 Å². The third-order valence-corrected chi connectivity index (χ3v) is 3.46. The number of carbonyl (C=O) groups excluding carboxylic acids is 1. The van der Waals surface area contributed by atoms with Gasteiger partial charge in [0.25, 0.3) is 0 Å². The first-order valence-corrected chi connectivity index (χ1v) is 6.54. The van der Waals surface area contributed by atoms with Gasteiger partial charge in [0.15, 0.2) is 0 Å². The highest BCUT2D eigenvalue weighted by molar-refractivity contribution is 5.79. The first kappa shape index (κ1) is 12.7. The molecule has 1 aromatic carbocycles. The number of nitrogens with one attached hydrogen (secondary N) is 1. The maximum Gasteiger partial charge on any atom is 0.229 e. The first-order valence-electron chi connectivity index (χ1n) is 6.54. The summed E-state index contributed by atoms with van der Waals surface area (Å²) in [5.74, 6) is 1.49. The highest BCUT2D eigenvalue weighted by Crippen LogP contribution is 2.27. The van der Waals surface area contributed by atoms with E-state index in [1.54, 1.807) is 11.9 Å². The summed E-state index contributed by atoms with van der Waals surface area (Å²) >= 11 is 0. The van der Waals surface area contributed by atoms with Gasteiger partial charge in [0.2, 0.25) is 5.91 Å². The van der Waals surface area contributed by atoms with Crippen LogP contribution in [-0.2, 0) is 17.8 Å². The fraction of sp³-hybridized carbons (Fsp3) is 0.357. The number of para-hydroxylation sites is 1. The lowest BCUT2D eigenvalue weighted by molar-refractivity contribution is -0.136. The molecule has 1 aliphatic rings. The molecule has 1 aliphatic heterocycles. The Morgan fingerprint density at radius 3 is 3.15 bits per heavy atom. The molecule has 0 bridgehead atoms. The predicted octanol–water partition coefficient (Wildman–Crippen LogP) is 1.01. The molecule has 2 aromatic rings. The summed E-state index contributed by atoms with van der Waals surface area (Å²) in [6, 6.07) is 7.85. The highest BCUT2D eigenvalue weighted by atomic mass is 16.5. The maximum absolute atomic E-state index is 12.4. The van der Waals surface area contributed by atoms with E-state index in [9.17, 15) is 4.79 Å². The molecule has 0 fully saturated rings. The first-order chi connectivity index (χ1) is 9.74. The van der Waals surface area contributed by atoms with Crippen molar-refractivity contribution in [1.29, 1.82) is 0 Å². The Labute approximate surface area is 116 Å². The number of hydrogen-bond acceptors (Lipinski definition) is 4. The van der Waals surface area contributed by atoms with Crippen molar-refractivity contribution in [1.82, 2.24) is 20.1 Å². The second kappa shape index (κ2) is 5.32. The zero-order valence-corrected chi connectivity index (χ0v) is 11.2. The number of hydrogen-bond donors (Lipinski definition) is 1. The summed E-state index contributed by atoms with van der Waals surface area (Å²) in [6.07, 6.45) is 2.16. The second-order valence-electron chi connectivity index (χ2n) is 4.95. The van der Waals surface area contributed by atoms with E-state index >= 15 is 0 Å². The van der Waals surface area contributed by atoms with Gasteiger partial charge >= 0.3 is 0 Å². The molecule has 20 heavy (non-hydrogen) atoms. The highest BCUT2D eigenvalue weighted by Gasteiger charge is 2.28. The molecular formula is C14H16N4O2. The average Bonchev–Trinajstić information content (AvgIpc) is 2.99. The van der Waals surface area contributed by atoms with Gasteiger partial charge in [0.05, 0.1) is 12.5 Å². The monoisotopic (exact) mass is 272 g/mol. The predicted molar refractivity (Wildman–Crippen MR) is 72.0 cm³/mol. The van der Waals surface area contributed by atoms with E-state index in [2.05, 4.69) is 15.2 Å². The molecule has 1 atom stereocenters. The van der Waals surface area contributed by atoms with E-state index in [0.29, 0.717) is 19.0 Å². The van der Waals surface area contributed by atoms with Gasteiger partial charge in [-0.05, 0) is 18.1 Å². The summed E-state index contributed by atoms with van der Waals surface area (Å²) in [7, 11) is 1.77. The Hall–Kier alpha value is -2.37. The topological polar surface area (TPSA) is 71.1 Å². The van der Waals surface area contributed by atoms with Crippen molar-refractivity contribution in [2.45, 2.75) is 13.0 Å². The zero-order valence-electron chi connectivity index (χ0n) is 11.2. The molecule has 0 saturated carbocycles. The molecule has 2 heterocycles. The lowest BCUT2D eigenvalue weighted by atomic mass is 9.95. The van der Waals surface area contributed by atoms with Crippen LogP contribution in [0.4, 0.5) is 0 Å². The fourth-order valence-electron chi connectivity index (χ4n) is 2.41. The fourth-order valence-corrected chi connectivity index (χ4v) is 2.41. The van der Waals surface area contributed by atoms with Crippen molar-refractivity contribution in [3.8, 4) is 5.75 Å². The van der Waals surface area contributed by atoms with Gasteiger partial charge in [0.1, 0.15) is 24.5 Å². The number of carbonyl (C=O) groups is 1. The molecule has 104 valence electrons. The molecule has 0 aliphatic carbocycles. The largest absolute Gasteiger partial charge is 0.492 e. The maximum atomic E-state index is 12.4. The van der Waals surface area contributed by atoms with Crippen molar-refractivity contribution in [2.75, 3.05) is 13.7 Å². The van der Waals surface area contributed by atoms with Crippen molar-refractivity contribution < 1.29 is 9.53 Å². The zero-order chi connectivity index (χ0) is 13.9. The molecule has 0 spiro atoms. The minimum absolute atomic E-state index is 0.0657. The van der Waals surface area contributed by atoms with Crippen molar-refractivity contribution in [3.63, 3.8) is 0 Å². The van der Waals surface area contributed by atoms with Gasteiger partial charge in [-0.25, -0.2) is 4.98 Å². The standard InChI is InChI=1S/C14H16N4O2/c1-18(7-13-15-9-16-17-13)14(19)11-6-10-4-2-3-5-12(10)20-8-11/h2-5,9,11H,6-8H2,1H3,(H,15,16,17). The van der Waals surface area contributed by atoms with Crippen molar-refractivity contribution in [3.05, 3.63) is 42.0 Å². The molecule has 1 aromatic heterocycles. The van der Waals surface area contributed by atoms with Gasteiger partial charge in [-0.1, -0.05) is 18.2 Å². The van der Waals surface area contributed by atoms with Crippen LogP contribution in [0.2, 0.25) is 0 Å².